The molecular weight excluding hydrogens is 1270 g/mol. The molecule has 0 saturated heterocycles. The van der Waals surface area contributed by atoms with Crippen molar-refractivity contribution in [3.8, 4) is 114 Å². The molecule has 2 aliphatic heterocycles. The summed E-state index contributed by atoms with van der Waals surface area (Å²) in [4.78, 5) is 18.6. The van der Waals surface area contributed by atoms with E-state index in [1.165, 1.54) is 0 Å². The average molecular weight is 1330 g/mol. The van der Waals surface area contributed by atoms with Crippen molar-refractivity contribution in [2.24, 2.45) is 0 Å². The van der Waals surface area contributed by atoms with Crippen LogP contribution >= 0.6 is 0 Å². The number of benzene rings is 4. The Balaban J connectivity index is 1.32. The van der Waals surface area contributed by atoms with Gasteiger partial charge < -0.3 is 0 Å². The molecule has 5 aromatic heterocycles. The van der Waals surface area contributed by atoms with Crippen LogP contribution in [0.2, 0.25) is 0 Å². The van der Waals surface area contributed by atoms with E-state index in [1.54, 1.807) is 85.3 Å². The summed E-state index contributed by atoms with van der Waals surface area (Å²) >= 11 is -2.47. The summed E-state index contributed by atoms with van der Waals surface area (Å²) in [5.74, 6) is 6.16. The second-order valence-electron chi connectivity index (χ2n) is 18.5. The predicted molar refractivity (Wildman–Crippen MR) is 326 cm³/mol. The van der Waals surface area contributed by atoms with Gasteiger partial charge in [0, 0.05) is 0 Å². The zero-order valence-electron chi connectivity index (χ0n) is 47.2. The van der Waals surface area contributed by atoms with E-state index in [1.807, 2.05) is 48.5 Å². The van der Waals surface area contributed by atoms with Gasteiger partial charge in [-0.25, -0.2) is 0 Å². The predicted octanol–water partition coefficient (Wildman–Crippen LogP) is 13.0. The molecule has 0 radical (unpaired) electrons. The molecule has 418 valence electrons. The van der Waals surface area contributed by atoms with Crippen LogP contribution in [0.15, 0.2) is 97.1 Å². The fourth-order valence-corrected chi connectivity index (χ4v) is 17.1. The number of hydrogen-bond acceptors (Lipinski definition) is 14. The van der Waals surface area contributed by atoms with Crippen LogP contribution < -0.4 is 56.8 Å². The first-order chi connectivity index (χ1) is 40.0. The van der Waals surface area contributed by atoms with Crippen LogP contribution in [0.4, 0.5) is 0 Å². The van der Waals surface area contributed by atoms with Gasteiger partial charge in [0.1, 0.15) is 0 Å². The zero-order chi connectivity index (χ0) is 57.3. The molecule has 0 amide bonds. The Morgan fingerprint density at radius 1 is 0.268 bits per heavy atom. The van der Waals surface area contributed by atoms with Gasteiger partial charge in [0.25, 0.3) is 0 Å². The van der Waals surface area contributed by atoms with E-state index in [2.05, 4.69) is 82.8 Å². The molecule has 0 aliphatic carbocycles. The van der Waals surface area contributed by atoms with Crippen molar-refractivity contribution >= 4 is 101 Å². The van der Waals surface area contributed by atoms with Crippen molar-refractivity contribution in [3.05, 3.63) is 120 Å². The summed E-state index contributed by atoms with van der Waals surface area (Å²) in [7, 11) is 19.4. The van der Waals surface area contributed by atoms with Gasteiger partial charge in [-0.3, -0.25) is 0 Å². The number of fused-ring (bicyclic) bond motifs is 14. The third-order valence-electron chi connectivity index (χ3n) is 14.3. The van der Waals surface area contributed by atoms with Gasteiger partial charge in [-0.15, -0.1) is 0 Å². The fourth-order valence-electron chi connectivity index (χ4n) is 10.5. The molecule has 2 N–H and O–H groups in total. The van der Waals surface area contributed by atoms with Gasteiger partial charge in [0.05, 0.1) is 0 Å². The number of nitrogens with zero attached hydrogens (tertiary/aromatic N) is 2. The molecular formula is C64H58N4O12Te2. The minimum absolute atomic E-state index is 0.488. The number of nitrogens with one attached hydrogen (secondary N) is 2. The molecule has 2 aliphatic rings. The Kier molecular flexibility index (Phi) is 16.0. The van der Waals surface area contributed by atoms with E-state index in [0.29, 0.717) is 69.0 Å². The quantitative estimate of drug-likeness (QED) is 0.0877. The molecule has 0 spiro atoms. The van der Waals surface area contributed by atoms with Gasteiger partial charge >= 0.3 is 496 Å². The van der Waals surface area contributed by atoms with Crippen LogP contribution in [-0.2, 0) is 0 Å². The van der Waals surface area contributed by atoms with E-state index in [9.17, 15) is 0 Å². The summed E-state index contributed by atoms with van der Waals surface area (Å²) in [6.07, 6.45) is 8.25. The average Bonchev–Trinajstić information content (AvgIpc) is 4.55. The van der Waals surface area contributed by atoms with Crippen LogP contribution in [0.5, 0.6) is 69.0 Å². The third kappa shape index (κ3) is 9.93. The van der Waals surface area contributed by atoms with Crippen LogP contribution in [0.1, 0.15) is 22.8 Å². The Morgan fingerprint density at radius 2 is 0.500 bits per heavy atom. The van der Waals surface area contributed by atoms with E-state index in [0.717, 1.165) is 103 Å². The van der Waals surface area contributed by atoms with Crippen molar-refractivity contribution in [3.63, 3.8) is 0 Å². The van der Waals surface area contributed by atoms with E-state index in [-0.39, 0.29) is 0 Å². The summed E-state index contributed by atoms with van der Waals surface area (Å²) in [5, 5.41) is 0. The number of methoxy groups -OCH3 is 12. The SMILES string of the molecule is COc1cc(-c2c3nc(c4ccc([nH]4)c(-c4cc(OC)c(OC)c(OC)c4)c4ccc([te]4)c(-c4cc(OC)c(OC)c(OC)c4)c4nc(c5ccc([nH]5)c(-c5cc(OC)c(OC)c(OC)c5)c5ccc2[te]5)C=C4)C=C3)cc(OC)c1OC. The van der Waals surface area contributed by atoms with E-state index < -0.39 is 40.9 Å². The van der Waals surface area contributed by atoms with Gasteiger partial charge in [0.2, 0.25) is 0 Å². The normalized spacial score (nSPS) is 11.6. The molecule has 9 aromatic rings. The molecule has 11 rings (SSSR count). The van der Waals surface area contributed by atoms with E-state index in [4.69, 9.17) is 66.8 Å². The van der Waals surface area contributed by atoms with E-state index >= 15 is 0 Å². The van der Waals surface area contributed by atoms with Crippen molar-refractivity contribution in [2.45, 2.75) is 0 Å². The Labute approximate surface area is 492 Å². The molecule has 0 fully saturated rings. The van der Waals surface area contributed by atoms with Gasteiger partial charge in [-0.2, -0.15) is 0 Å². The monoisotopic (exact) mass is 1330 g/mol. The second kappa shape index (κ2) is 23.6. The van der Waals surface area contributed by atoms with Crippen LogP contribution in [-0.4, -0.2) is 146 Å². The Morgan fingerprint density at radius 3 is 0.756 bits per heavy atom. The summed E-state index contributed by atoms with van der Waals surface area (Å²) < 4.78 is 75.6. The number of H-pyrrole nitrogens is 2. The van der Waals surface area contributed by atoms with Crippen molar-refractivity contribution in [2.75, 3.05) is 85.3 Å². The van der Waals surface area contributed by atoms with Gasteiger partial charge in [-0.1, -0.05) is 0 Å². The number of aromatic amines is 2. The molecule has 0 saturated carbocycles. The third-order valence-corrected chi connectivity index (χ3v) is 20.7. The van der Waals surface area contributed by atoms with Crippen LogP contribution in [0, 0.1) is 0 Å². The maximum atomic E-state index is 5.97. The first kappa shape index (κ1) is 55.5. The van der Waals surface area contributed by atoms with Crippen molar-refractivity contribution < 1.29 is 56.8 Å². The topological polar surface area (TPSA) is 168 Å². The first-order valence-electron chi connectivity index (χ1n) is 25.6. The molecule has 4 aromatic carbocycles. The Bertz CT molecular complexity index is 3930. The number of rotatable bonds is 16. The second-order valence-corrected chi connectivity index (χ2v) is 24.7. The summed E-state index contributed by atoms with van der Waals surface area (Å²) in [6, 6.07) is 33.1. The van der Waals surface area contributed by atoms with Gasteiger partial charge in [-0.05, 0) is 0 Å². The summed E-state index contributed by atoms with van der Waals surface area (Å²) in [5.41, 5.74) is 13.7. The molecule has 0 unspecified atom stereocenters. The van der Waals surface area contributed by atoms with Crippen molar-refractivity contribution in [1.82, 2.24) is 19.9 Å². The maximum absolute atomic E-state index is 5.97. The number of hydrogen-bond donors (Lipinski definition) is 2. The molecule has 0 atom stereocenters. The van der Waals surface area contributed by atoms with Crippen LogP contribution in [0.3, 0.4) is 0 Å². The Hall–Kier alpha value is -8.38. The minimum atomic E-state index is -1.23. The van der Waals surface area contributed by atoms with Crippen LogP contribution in [0.25, 0.3) is 104 Å². The zero-order valence-corrected chi connectivity index (χ0v) is 51.8. The summed E-state index contributed by atoms with van der Waals surface area (Å²) in [6.45, 7) is 0. The fraction of sp³-hybridized carbons (Fsp3) is 0.188. The van der Waals surface area contributed by atoms with Gasteiger partial charge in [0.15, 0.2) is 0 Å². The first-order valence-corrected chi connectivity index (χ1v) is 30.3. The number of aromatic nitrogens is 4. The molecule has 82 heavy (non-hydrogen) atoms. The standard InChI is InChI=1S/C64H58N4O12Te2/c1-69-45-25-33(26-46(70-2)61(45)77-9)57-41-17-13-37(65-41)38-14-18-43(66-38)59(35-29-49(73-5)63(79-11)50(30-35)74-6)55-23-24-56(82-55)60(36-31-51(75-7)64(80-12)52(32-36)76-8)44-20-16-40(68-44)39-15-19-42(67-39)58(54-22-21-53(57)81-54)34-27-47(71-3)62(78-10)48(28-34)72-4/h13-32,65,68H,1-12H3. The molecule has 7 heterocycles. The molecule has 18 heteroatoms. The molecule has 16 nitrogen and oxygen atoms in total. The number of ether oxygens (including phenoxy) is 12. The molecule has 12 bridgehead atoms. The van der Waals surface area contributed by atoms with Crippen molar-refractivity contribution in [1.29, 1.82) is 0 Å².